The Labute approximate surface area is 116 Å². The van der Waals surface area contributed by atoms with Crippen LogP contribution in [0.3, 0.4) is 0 Å². The van der Waals surface area contributed by atoms with Gasteiger partial charge in [0.1, 0.15) is 5.82 Å². The predicted octanol–water partition coefficient (Wildman–Crippen LogP) is 4.00. The second-order valence-electron chi connectivity index (χ2n) is 5.45. The molecule has 0 radical (unpaired) electrons. The maximum atomic E-state index is 13.3. The van der Waals surface area contributed by atoms with Crippen LogP contribution >= 0.6 is 15.9 Å². The van der Waals surface area contributed by atoms with Crippen LogP contribution in [0.1, 0.15) is 38.1 Å². The number of carbonyl (C=O) groups is 1. The van der Waals surface area contributed by atoms with Crippen molar-refractivity contribution in [3.05, 3.63) is 34.1 Å². The number of hydrogen-bond acceptors (Lipinski definition) is 1. The summed E-state index contributed by atoms with van der Waals surface area (Å²) in [6, 6.07) is 4.38. The first-order valence-corrected chi connectivity index (χ1v) is 6.76. The van der Waals surface area contributed by atoms with Crippen molar-refractivity contribution in [2.45, 2.75) is 27.7 Å². The van der Waals surface area contributed by atoms with E-state index in [9.17, 15) is 9.18 Å². The van der Waals surface area contributed by atoms with E-state index in [2.05, 4.69) is 48.9 Å². The summed E-state index contributed by atoms with van der Waals surface area (Å²) in [5, 5.41) is 2.85. The molecule has 0 heterocycles. The zero-order valence-electron chi connectivity index (χ0n) is 11.2. The van der Waals surface area contributed by atoms with Gasteiger partial charge in [0.15, 0.2) is 0 Å². The molecule has 1 aromatic carbocycles. The van der Waals surface area contributed by atoms with Crippen molar-refractivity contribution < 1.29 is 9.18 Å². The van der Waals surface area contributed by atoms with Crippen molar-refractivity contribution in [3.8, 4) is 0 Å². The lowest BCUT2D eigenvalue weighted by atomic mass is 9.81. The number of amides is 1. The summed E-state index contributed by atoms with van der Waals surface area (Å²) in [7, 11) is 0. The van der Waals surface area contributed by atoms with Crippen LogP contribution in [0.25, 0.3) is 0 Å². The van der Waals surface area contributed by atoms with Crippen molar-refractivity contribution in [1.82, 2.24) is 5.32 Å². The molecule has 0 aliphatic heterocycles. The Kier molecular flexibility index (Phi) is 4.91. The van der Waals surface area contributed by atoms with E-state index < -0.39 is 5.82 Å². The van der Waals surface area contributed by atoms with Gasteiger partial charge in [-0.2, -0.15) is 0 Å². The second-order valence-corrected chi connectivity index (χ2v) is 6.31. The highest BCUT2D eigenvalue weighted by molar-refractivity contribution is 9.10. The van der Waals surface area contributed by atoms with Gasteiger partial charge in [-0.05, 0) is 45.5 Å². The van der Waals surface area contributed by atoms with E-state index in [0.29, 0.717) is 22.5 Å². The Morgan fingerprint density at radius 2 is 2.06 bits per heavy atom. The predicted molar refractivity (Wildman–Crippen MR) is 75.1 cm³/mol. The maximum Gasteiger partial charge on any atom is 0.251 e. The van der Waals surface area contributed by atoms with Gasteiger partial charge >= 0.3 is 0 Å². The van der Waals surface area contributed by atoms with E-state index in [4.69, 9.17) is 0 Å². The zero-order chi connectivity index (χ0) is 13.9. The summed E-state index contributed by atoms with van der Waals surface area (Å²) in [5.41, 5.74) is 0.360. The molecule has 2 nitrogen and oxygen atoms in total. The number of carbonyl (C=O) groups excluding carboxylic acids is 1. The smallest absolute Gasteiger partial charge is 0.251 e. The van der Waals surface area contributed by atoms with Gasteiger partial charge in [0.05, 0.1) is 4.47 Å². The molecule has 1 rings (SSSR count). The van der Waals surface area contributed by atoms with E-state index in [-0.39, 0.29) is 11.3 Å². The highest BCUT2D eigenvalue weighted by Gasteiger charge is 2.23. The fourth-order valence-corrected chi connectivity index (χ4v) is 1.50. The molecule has 18 heavy (non-hydrogen) atoms. The number of nitrogens with one attached hydrogen (secondary N) is 1. The Morgan fingerprint density at radius 3 is 2.56 bits per heavy atom. The lowest BCUT2D eigenvalue weighted by Gasteiger charge is -2.29. The minimum atomic E-state index is -0.425. The lowest BCUT2D eigenvalue weighted by molar-refractivity contribution is 0.0924. The molecule has 0 saturated carbocycles. The van der Waals surface area contributed by atoms with Crippen LogP contribution in [0.2, 0.25) is 0 Å². The maximum absolute atomic E-state index is 13.3. The molecule has 0 aromatic heterocycles. The summed E-state index contributed by atoms with van der Waals surface area (Å²) in [6.07, 6.45) is 0. The Morgan fingerprint density at radius 1 is 1.44 bits per heavy atom. The monoisotopic (exact) mass is 315 g/mol. The standard InChI is InChI=1S/C14H19BrFNO/c1-9(2)14(3,4)8-17-13(18)10-5-6-11(15)12(16)7-10/h5-7,9H,8H2,1-4H3,(H,17,18). The van der Waals surface area contributed by atoms with Crippen LogP contribution in [0.5, 0.6) is 0 Å². The fourth-order valence-electron chi connectivity index (χ4n) is 1.25. The lowest BCUT2D eigenvalue weighted by Crippen LogP contribution is -2.37. The van der Waals surface area contributed by atoms with Crippen molar-refractivity contribution in [2.75, 3.05) is 6.54 Å². The van der Waals surface area contributed by atoms with Crippen LogP contribution in [-0.2, 0) is 0 Å². The third-order valence-electron chi connectivity index (χ3n) is 3.45. The average molecular weight is 316 g/mol. The van der Waals surface area contributed by atoms with Crippen LogP contribution < -0.4 is 5.32 Å². The second kappa shape index (κ2) is 5.83. The van der Waals surface area contributed by atoms with Crippen molar-refractivity contribution in [3.63, 3.8) is 0 Å². The average Bonchev–Trinajstić information content (AvgIpc) is 2.29. The Balaban J connectivity index is 2.69. The summed E-state index contributed by atoms with van der Waals surface area (Å²) in [4.78, 5) is 11.9. The van der Waals surface area contributed by atoms with Crippen LogP contribution in [-0.4, -0.2) is 12.5 Å². The van der Waals surface area contributed by atoms with E-state index in [1.54, 1.807) is 6.07 Å². The molecule has 100 valence electrons. The van der Waals surface area contributed by atoms with Crippen molar-refractivity contribution >= 4 is 21.8 Å². The first-order valence-electron chi connectivity index (χ1n) is 5.97. The molecule has 4 heteroatoms. The molecule has 0 saturated heterocycles. The van der Waals surface area contributed by atoms with Gasteiger partial charge in [0.2, 0.25) is 0 Å². The van der Waals surface area contributed by atoms with Gasteiger partial charge in [-0.3, -0.25) is 4.79 Å². The highest BCUT2D eigenvalue weighted by Crippen LogP contribution is 2.25. The quantitative estimate of drug-likeness (QED) is 0.894. The largest absolute Gasteiger partial charge is 0.351 e. The molecule has 0 aliphatic carbocycles. The number of rotatable bonds is 4. The summed E-state index contributed by atoms with van der Waals surface area (Å²) >= 11 is 3.06. The van der Waals surface area contributed by atoms with Gasteiger partial charge < -0.3 is 5.32 Å². The third-order valence-corrected chi connectivity index (χ3v) is 4.09. The number of benzene rings is 1. The first kappa shape index (κ1) is 15.2. The van der Waals surface area contributed by atoms with Gasteiger partial charge in [-0.1, -0.05) is 27.7 Å². The molecule has 0 aliphatic rings. The highest BCUT2D eigenvalue weighted by atomic mass is 79.9. The molecular formula is C14H19BrFNO. The normalized spacial score (nSPS) is 11.7. The third kappa shape index (κ3) is 3.80. The molecule has 0 unspecified atom stereocenters. The van der Waals surface area contributed by atoms with Crippen LogP contribution in [0.4, 0.5) is 4.39 Å². The molecule has 0 fully saturated rings. The number of halogens is 2. The Hall–Kier alpha value is -0.900. The van der Waals surface area contributed by atoms with Gasteiger partial charge in [-0.15, -0.1) is 0 Å². The molecule has 0 spiro atoms. The SMILES string of the molecule is CC(C)C(C)(C)CNC(=O)c1ccc(Br)c(F)c1. The number of hydrogen-bond donors (Lipinski definition) is 1. The minimum absolute atomic E-state index is 0.0174. The molecule has 1 N–H and O–H groups in total. The van der Waals surface area contributed by atoms with E-state index in [1.165, 1.54) is 12.1 Å². The molecule has 0 atom stereocenters. The molecule has 1 aromatic rings. The minimum Gasteiger partial charge on any atom is -0.351 e. The van der Waals surface area contributed by atoms with E-state index in [0.717, 1.165) is 0 Å². The molecular weight excluding hydrogens is 297 g/mol. The molecule has 1 amide bonds. The van der Waals surface area contributed by atoms with E-state index >= 15 is 0 Å². The summed E-state index contributed by atoms with van der Waals surface area (Å²) < 4.78 is 13.7. The van der Waals surface area contributed by atoms with Crippen LogP contribution in [0, 0.1) is 17.2 Å². The summed E-state index contributed by atoms with van der Waals surface area (Å²) in [5.74, 6) is -0.208. The topological polar surface area (TPSA) is 29.1 Å². The van der Waals surface area contributed by atoms with Crippen LogP contribution in [0.15, 0.2) is 22.7 Å². The van der Waals surface area contributed by atoms with Crippen molar-refractivity contribution in [2.24, 2.45) is 11.3 Å². The zero-order valence-corrected chi connectivity index (χ0v) is 12.8. The van der Waals surface area contributed by atoms with E-state index in [1.807, 2.05) is 0 Å². The first-order chi connectivity index (χ1) is 8.24. The van der Waals surface area contributed by atoms with Gasteiger partial charge in [-0.25, -0.2) is 4.39 Å². The Bertz CT molecular complexity index is 443. The van der Waals surface area contributed by atoms with Gasteiger partial charge in [0.25, 0.3) is 5.91 Å². The fraction of sp³-hybridized carbons (Fsp3) is 0.500. The summed E-state index contributed by atoms with van der Waals surface area (Å²) in [6.45, 7) is 9.00. The van der Waals surface area contributed by atoms with Crippen molar-refractivity contribution in [1.29, 1.82) is 0 Å². The van der Waals surface area contributed by atoms with Gasteiger partial charge in [0, 0.05) is 12.1 Å². The molecule has 0 bridgehead atoms.